The van der Waals surface area contributed by atoms with Crippen LogP contribution in [0.1, 0.15) is 5.56 Å². The van der Waals surface area contributed by atoms with Crippen LogP contribution in [-0.4, -0.2) is 0 Å². The third-order valence-electron chi connectivity index (χ3n) is 2.40. The Morgan fingerprint density at radius 2 is 1.60 bits per heavy atom. The molecule has 0 unspecified atom stereocenters. The summed E-state index contributed by atoms with van der Waals surface area (Å²) in [5.41, 5.74) is 9.94. The smallest absolute Gasteiger partial charge is 0.0314 e. The van der Waals surface area contributed by atoms with Gasteiger partial charge in [-0.2, -0.15) is 0 Å². The van der Waals surface area contributed by atoms with E-state index in [2.05, 4.69) is 18.7 Å². The van der Waals surface area contributed by atoms with Gasteiger partial charge in [0.15, 0.2) is 0 Å². The van der Waals surface area contributed by atoms with Crippen molar-refractivity contribution in [2.24, 2.45) is 0 Å². The molecule has 1 nitrogen and oxygen atoms in total. The zero-order valence-corrected chi connectivity index (χ0v) is 8.48. The van der Waals surface area contributed by atoms with Crippen LogP contribution in [-0.2, 0) is 0 Å². The molecule has 0 aliphatic carbocycles. The predicted octanol–water partition coefficient (Wildman–Crippen LogP) is 3.58. The van der Waals surface area contributed by atoms with Crippen molar-refractivity contribution in [1.29, 1.82) is 0 Å². The molecule has 0 saturated heterocycles. The van der Waals surface area contributed by atoms with Crippen LogP contribution in [0.5, 0.6) is 0 Å². The third kappa shape index (κ3) is 1.91. The molecule has 0 aliphatic heterocycles. The van der Waals surface area contributed by atoms with Crippen LogP contribution in [0.15, 0.2) is 55.1 Å². The van der Waals surface area contributed by atoms with E-state index in [0.29, 0.717) is 0 Å². The molecule has 0 bridgehead atoms. The topological polar surface area (TPSA) is 26.0 Å². The molecule has 0 saturated carbocycles. The monoisotopic (exact) mass is 195 g/mol. The Morgan fingerprint density at radius 1 is 0.933 bits per heavy atom. The normalized spacial score (nSPS) is 9.87. The molecule has 2 rings (SSSR count). The van der Waals surface area contributed by atoms with E-state index < -0.39 is 0 Å². The predicted molar refractivity (Wildman–Crippen MR) is 66.4 cm³/mol. The van der Waals surface area contributed by atoms with Gasteiger partial charge in [-0.15, -0.1) is 0 Å². The second-order valence-corrected chi connectivity index (χ2v) is 3.41. The Labute approximate surface area is 89.9 Å². The van der Waals surface area contributed by atoms with Gasteiger partial charge in [0.1, 0.15) is 0 Å². The summed E-state index contributed by atoms with van der Waals surface area (Å²) >= 11 is 0. The van der Waals surface area contributed by atoms with Gasteiger partial charge in [-0.25, -0.2) is 0 Å². The van der Waals surface area contributed by atoms with Crippen LogP contribution >= 0.6 is 0 Å². The largest absolute Gasteiger partial charge is 0.399 e. The summed E-state index contributed by atoms with van der Waals surface area (Å²) in [5.74, 6) is 0. The van der Waals surface area contributed by atoms with Crippen molar-refractivity contribution in [3.05, 3.63) is 60.7 Å². The fourth-order valence-electron chi connectivity index (χ4n) is 1.60. The maximum atomic E-state index is 5.66. The second-order valence-electron chi connectivity index (χ2n) is 3.41. The maximum absolute atomic E-state index is 5.66. The van der Waals surface area contributed by atoms with Gasteiger partial charge in [0, 0.05) is 5.69 Å². The van der Waals surface area contributed by atoms with Gasteiger partial charge < -0.3 is 5.73 Å². The van der Waals surface area contributed by atoms with E-state index >= 15 is 0 Å². The number of benzene rings is 2. The first kappa shape index (κ1) is 9.53. The molecule has 0 radical (unpaired) electrons. The molecule has 0 amide bonds. The molecule has 0 aromatic heterocycles. The van der Waals surface area contributed by atoms with Crippen LogP contribution < -0.4 is 5.73 Å². The van der Waals surface area contributed by atoms with Gasteiger partial charge in [0.25, 0.3) is 0 Å². The number of anilines is 1. The molecule has 0 aliphatic rings. The summed E-state index contributed by atoms with van der Waals surface area (Å²) in [4.78, 5) is 0. The van der Waals surface area contributed by atoms with E-state index in [0.717, 1.165) is 11.3 Å². The first-order valence-corrected chi connectivity index (χ1v) is 4.88. The SMILES string of the molecule is C=Cc1ccccc1-c1ccc(N)cc1. The van der Waals surface area contributed by atoms with Gasteiger partial charge in [-0.3, -0.25) is 0 Å². The number of hydrogen-bond donors (Lipinski definition) is 1. The fourth-order valence-corrected chi connectivity index (χ4v) is 1.60. The summed E-state index contributed by atoms with van der Waals surface area (Å²) in [6.45, 7) is 3.81. The molecule has 2 aromatic carbocycles. The number of rotatable bonds is 2. The minimum absolute atomic E-state index is 0.787. The number of nitrogens with two attached hydrogens (primary N) is 1. The maximum Gasteiger partial charge on any atom is 0.0314 e. The lowest BCUT2D eigenvalue weighted by molar-refractivity contribution is 1.59. The van der Waals surface area contributed by atoms with Gasteiger partial charge in [-0.1, -0.05) is 49.1 Å². The molecule has 74 valence electrons. The Kier molecular flexibility index (Phi) is 2.55. The molecule has 15 heavy (non-hydrogen) atoms. The zero-order chi connectivity index (χ0) is 10.7. The summed E-state index contributed by atoms with van der Waals surface area (Å²) in [7, 11) is 0. The third-order valence-corrected chi connectivity index (χ3v) is 2.40. The van der Waals surface area contributed by atoms with Crippen molar-refractivity contribution in [2.75, 3.05) is 5.73 Å². The molecule has 2 N–H and O–H groups in total. The molecule has 2 aromatic rings. The van der Waals surface area contributed by atoms with Gasteiger partial charge in [-0.05, 0) is 28.8 Å². The van der Waals surface area contributed by atoms with E-state index in [1.807, 2.05) is 42.5 Å². The van der Waals surface area contributed by atoms with Crippen molar-refractivity contribution in [3.8, 4) is 11.1 Å². The lowest BCUT2D eigenvalue weighted by Gasteiger charge is -2.06. The van der Waals surface area contributed by atoms with E-state index in [1.165, 1.54) is 11.1 Å². The fraction of sp³-hybridized carbons (Fsp3) is 0. The highest BCUT2D eigenvalue weighted by Gasteiger charge is 2.00. The van der Waals surface area contributed by atoms with Gasteiger partial charge >= 0.3 is 0 Å². The Balaban J connectivity index is 2.53. The Hall–Kier alpha value is -2.02. The molecule has 0 fully saturated rings. The molecule has 0 spiro atoms. The minimum atomic E-state index is 0.787. The highest BCUT2D eigenvalue weighted by Crippen LogP contribution is 2.24. The second kappa shape index (κ2) is 4.01. The number of nitrogen functional groups attached to an aromatic ring is 1. The zero-order valence-electron chi connectivity index (χ0n) is 8.48. The number of hydrogen-bond acceptors (Lipinski definition) is 1. The highest BCUT2D eigenvalue weighted by atomic mass is 14.5. The average molecular weight is 195 g/mol. The Morgan fingerprint density at radius 3 is 2.27 bits per heavy atom. The summed E-state index contributed by atoms with van der Waals surface area (Å²) in [6.07, 6.45) is 1.87. The van der Waals surface area contributed by atoms with Crippen LogP contribution in [0.4, 0.5) is 5.69 Å². The lowest BCUT2D eigenvalue weighted by Crippen LogP contribution is -1.85. The molecule has 0 atom stereocenters. The van der Waals surface area contributed by atoms with E-state index in [1.54, 1.807) is 0 Å². The highest BCUT2D eigenvalue weighted by molar-refractivity contribution is 5.75. The molecule has 1 heteroatoms. The Bertz CT molecular complexity index is 469. The van der Waals surface area contributed by atoms with Crippen LogP contribution in [0, 0.1) is 0 Å². The average Bonchev–Trinajstić information content (AvgIpc) is 2.30. The van der Waals surface area contributed by atoms with Crippen LogP contribution in [0.2, 0.25) is 0 Å². The van der Waals surface area contributed by atoms with Crippen molar-refractivity contribution in [3.63, 3.8) is 0 Å². The first-order valence-electron chi connectivity index (χ1n) is 4.88. The quantitative estimate of drug-likeness (QED) is 0.728. The van der Waals surface area contributed by atoms with Crippen molar-refractivity contribution in [2.45, 2.75) is 0 Å². The summed E-state index contributed by atoms with van der Waals surface area (Å²) < 4.78 is 0. The van der Waals surface area contributed by atoms with Gasteiger partial charge in [0.2, 0.25) is 0 Å². The lowest BCUT2D eigenvalue weighted by atomic mass is 10.00. The van der Waals surface area contributed by atoms with Crippen molar-refractivity contribution < 1.29 is 0 Å². The summed E-state index contributed by atoms with van der Waals surface area (Å²) in [6, 6.07) is 16.1. The van der Waals surface area contributed by atoms with E-state index in [4.69, 9.17) is 5.73 Å². The summed E-state index contributed by atoms with van der Waals surface area (Å²) in [5, 5.41) is 0. The van der Waals surface area contributed by atoms with Gasteiger partial charge in [0.05, 0.1) is 0 Å². The van der Waals surface area contributed by atoms with Crippen LogP contribution in [0.25, 0.3) is 17.2 Å². The standard InChI is InChI=1S/C14H13N/c1-2-11-5-3-4-6-14(11)12-7-9-13(15)10-8-12/h2-10H,1,15H2. The minimum Gasteiger partial charge on any atom is -0.399 e. The molecule has 0 heterocycles. The van der Waals surface area contributed by atoms with Crippen LogP contribution in [0.3, 0.4) is 0 Å². The molecular formula is C14H13N. The van der Waals surface area contributed by atoms with E-state index in [-0.39, 0.29) is 0 Å². The first-order chi connectivity index (χ1) is 7.31. The van der Waals surface area contributed by atoms with E-state index in [9.17, 15) is 0 Å². The molecular weight excluding hydrogens is 182 g/mol. The van der Waals surface area contributed by atoms with Crippen molar-refractivity contribution in [1.82, 2.24) is 0 Å². The van der Waals surface area contributed by atoms with Crippen molar-refractivity contribution >= 4 is 11.8 Å².